The van der Waals surface area contributed by atoms with Gasteiger partial charge in [0.05, 0.1) is 0 Å². The number of rotatable bonds is 7. The highest BCUT2D eigenvalue weighted by Gasteiger charge is 2.45. The Balaban J connectivity index is 1.09. The molecular weight excluding hydrogens is 940 g/mol. The van der Waals surface area contributed by atoms with Crippen molar-refractivity contribution in [3.63, 3.8) is 0 Å². The van der Waals surface area contributed by atoms with Crippen LogP contribution in [0, 0.1) is 0 Å². The molecule has 1 aliphatic carbocycles. The van der Waals surface area contributed by atoms with Gasteiger partial charge in [0.1, 0.15) is 0 Å². The highest BCUT2D eigenvalue weighted by atomic mass is 15.2. The van der Waals surface area contributed by atoms with Crippen molar-refractivity contribution < 1.29 is 0 Å². The maximum Gasteiger partial charge on any atom is 0.252 e. The minimum absolute atomic E-state index is 0.0204. The molecule has 374 valence electrons. The average molecular weight is 1000 g/mol. The molecule has 0 radical (unpaired) electrons. The lowest BCUT2D eigenvalue weighted by atomic mass is 9.33. The first kappa shape index (κ1) is 47.5. The van der Waals surface area contributed by atoms with E-state index in [-0.39, 0.29) is 23.5 Å². The van der Waals surface area contributed by atoms with Gasteiger partial charge in [-0.3, -0.25) is 0 Å². The van der Waals surface area contributed by atoms with Gasteiger partial charge < -0.3 is 9.80 Å². The van der Waals surface area contributed by atoms with Crippen molar-refractivity contribution in [3.8, 4) is 55.6 Å². The molecular formula is C75H61BN2. The van der Waals surface area contributed by atoms with Crippen molar-refractivity contribution in [2.75, 3.05) is 9.80 Å². The SMILES string of the molecule is CC(C)(C)c1ccc2c(c1)C(c1cc3c4c(c1)N(c1ccc(-c5ccccc5)cc1)c1ccc(-c5ccccc5)cc1B4c1cc(-c4ccccc4)ccc1N3c1ccc(-c3ccccc3)cc1)c1cc(C(C)(C)C)ccc1-2. The van der Waals surface area contributed by atoms with Gasteiger partial charge in [0.15, 0.2) is 0 Å². The maximum absolute atomic E-state index is 2.59. The summed E-state index contributed by atoms with van der Waals surface area (Å²) >= 11 is 0. The fourth-order valence-corrected chi connectivity index (χ4v) is 12.8. The first-order chi connectivity index (χ1) is 37.9. The normalized spacial score (nSPS) is 13.4. The highest BCUT2D eigenvalue weighted by Crippen LogP contribution is 2.54. The van der Waals surface area contributed by atoms with Crippen LogP contribution in [0.5, 0.6) is 0 Å². The highest BCUT2D eigenvalue weighted by molar-refractivity contribution is 7.00. The fourth-order valence-electron chi connectivity index (χ4n) is 12.8. The molecule has 0 saturated carbocycles. The van der Waals surface area contributed by atoms with E-state index in [9.17, 15) is 0 Å². The smallest absolute Gasteiger partial charge is 0.252 e. The van der Waals surface area contributed by atoms with E-state index in [1.165, 1.54) is 123 Å². The fraction of sp³-hybridized carbons (Fsp3) is 0.120. The zero-order chi connectivity index (χ0) is 52.9. The summed E-state index contributed by atoms with van der Waals surface area (Å²) in [6.45, 7) is 14.0. The number of fused-ring (bicyclic) bond motifs is 7. The molecule has 0 N–H and O–H groups in total. The Morgan fingerprint density at radius 1 is 0.308 bits per heavy atom. The molecule has 0 unspecified atom stereocenters. The van der Waals surface area contributed by atoms with Crippen LogP contribution in [-0.2, 0) is 10.8 Å². The van der Waals surface area contributed by atoms with E-state index in [1.54, 1.807) is 0 Å². The van der Waals surface area contributed by atoms with Crippen LogP contribution in [0.2, 0.25) is 0 Å². The Bertz CT molecular complexity index is 3810. The second-order valence-electron chi connectivity index (χ2n) is 23.7. The van der Waals surface area contributed by atoms with Gasteiger partial charge >= 0.3 is 0 Å². The first-order valence-electron chi connectivity index (χ1n) is 27.7. The van der Waals surface area contributed by atoms with Gasteiger partial charge in [-0.05, 0) is 159 Å². The largest absolute Gasteiger partial charge is 0.311 e. The van der Waals surface area contributed by atoms with Crippen molar-refractivity contribution in [2.45, 2.75) is 58.3 Å². The minimum atomic E-state index is -0.0933. The molecule has 0 spiro atoms. The van der Waals surface area contributed by atoms with Gasteiger partial charge in [-0.1, -0.05) is 248 Å². The summed E-state index contributed by atoms with van der Waals surface area (Å²) in [5.41, 5.74) is 29.9. The molecule has 3 aliphatic rings. The molecule has 0 bridgehead atoms. The van der Waals surface area contributed by atoms with Crippen molar-refractivity contribution in [2.24, 2.45) is 0 Å². The van der Waals surface area contributed by atoms with Crippen LogP contribution in [0.4, 0.5) is 34.1 Å². The Morgan fingerprint density at radius 3 is 1.00 bits per heavy atom. The molecule has 3 heteroatoms. The average Bonchev–Trinajstić information content (AvgIpc) is 3.54. The van der Waals surface area contributed by atoms with Crippen LogP contribution in [0.15, 0.2) is 255 Å². The predicted octanol–water partition coefficient (Wildman–Crippen LogP) is 18.2. The third kappa shape index (κ3) is 8.02. The Kier molecular flexibility index (Phi) is 11.2. The summed E-state index contributed by atoms with van der Waals surface area (Å²) in [5, 5.41) is 0. The molecule has 0 aromatic heterocycles. The molecule has 0 fully saturated rings. The maximum atomic E-state index is 2.59. The third-order valence-corrected chi connectivity index (χ3v) is 16.8. The zero-order valence-electron chi connectivity index (χ0n) is 45.3. The molecule has 78 heavy (non-hydrogen) atoms. The van der Waals surface area contributed by atoms with Crippen molar-refractivity contribution in [1.82, 2.24) is 0 Å². The first-order valence-corrected chi connectivity index (χ1v) is 27.7. The summed E-state index contributed by atoms with van der Waals surface area (Å²) in [5.74, 6) is -0.0204. The molecule has 0 saturated heterocycles. The van der Waals surface area contributed by atoms with Crippen molar-refractivity contribution in [3.05, 3.63) is 283 Å². The Labute approximate surface area is 461 Å². The van der Waals surface area contributed by atoms with E-state index in [2.05, 4.69) is 306 Å². The number of hydrogen-bond donors (Lipinski definition) is 0. The lowest BCUT2D eigenvalue weighted by molar-refractivity contribution is 0.589. The summed E-state index contributed by atoms with van der Waals surface area (Å²) < 4.78 is 0. The molecule has 2 heterocycles. The monoisotopic (exact) mass is 1000 g/mol. The second-order valence-corrected chi connectivity index (χ2v) is 23.7. The number of anilines is 6. The lowest BCUT2D eigenvalue weighted by Crippen LogP contribution is -2.61. The minimum Gasteiger partial charge on any atom is -0.311 e. The van der Waals surface area contributed by atoms with E-state index >= 15 is 0 Å². The lowest BCUT2D eigenvalue weighted by Gasteiger charge is -2.45. The van der Waals surface area contributed by atoms with Crippen LogP contribution in [0.25, 0.3) is 55.6 Å². The van der Waals surface area contributed by atoms with E-state index < -0.39 is 0 Å². The van der Waals surface area contributed by atoms with Gasteiger partial charge in [0, 0.05) is 40.0 Å². The van der Waals surface area contributed by atoms with Crippen molar-refractivity contribution in [1.29, 1.82) is 0 Å². The van der Waals surface area contributed by atoms with Crippen molar-refractivity contribution >= 4 is 57.2 Å². The summed E-state index contributed by atoms with van der Waals surface area (Å²) in [7, 11) is 0. The standard InChI is InChI=1S/C75H61BN2/c1-74(2,3)58-33-39-62-63-40-34-59(75(4,5)6)48-65(63)72(64(62)47-58)57-45-70-73-71(46-57)78(61-37-29-54(30-38-61)50-21-13-8-14-22-50)69-42-32-56(52-25-17-10-18-26-52)44-67(69)76(73)66-43-55(51-23-15-9-16-24-51)31-41-68(66)77(70)60-35-27-53(28-36-60)49-19-11-7-12-20-49/h7-48,72H,1-6H3. The van der Waals surface area contributed by atoms with Crippen LogP contribution >= 0.6 is 0 Å². The quantitative estimate of drug-likeness (QED) is 0.147. The summed E-state index contributed by atoms with van der Waals surface area (Å²) in [4.78, 5) is 5.18. The molecule has 11 aromatic rings. The topological polar surface area (TPSA) is 6.48 Å². The van der Waals surface area contributed by atoms with E-state index in [0.29, 0.717) is 0 Å². The number of benzene rings is 11. The predicted molar refractivity (Wildman–Crippen MR) is 332 cm³/mol. The molecule has 0 amide bonds. The van der Waals surface area contributed by atoms with Gasteiger partial charge in [-0.15, -0.1) is 0 Å². The van der Waals surface area contributed by atoms with Gasteiger partial charge in [0.2, 0.25) is 0 Å². The molecule has 2 nitrogen and oxygen atoms in total. The van der Waals surface area contributed by atoms with Gasteiger partial charge in [-0.2, -0.15) is 0 Å². The van der Waals surface area contributed by atoms with Gasteiger partial charge in [0.25, 0.3) is 6.71 Å². The summed E-state index contributed by atoms with van der Waals surface area (Å²) in [6, 6.07) is 96.2. The second kappa shape index (κ2) is 18.4. The van der Waals surface area contributed by atoms with Crippen LogP contribution in [0.1, 0.15) is 75.3 Å². The van der Waals surface area contributed by atoms with Crippen LogP contribution in [0.3, 0.4) is 0 Å². The summed E-state index contributed by atoms with van der Waals surface area (Å²) in [6.07, 6.45) is 0. The molecule has 2 aliphatic heterocycles. The Hall–Kier alpha value is -8.92. The molecule has 0 atom stereocenters. The Morgan fingerprint density at radius 2 is 0.641 bits per heavy atom. The van der Waals surface area contributed by atoms with Crippen LogP contribution < -0.4 is 26.2 Å². The molecule has 14 rings (SSSR count). The molecule has 11 aromatic carbocycles. The number of nitrogens with zero attached hydrogens (tertiary/aromatic N) is 2. The number of hydrogen-bond acceptors (Lipinski definition) is 2. The van der Waals surface area contributed by atoms with Crippen LogP contribution in [-0.4, -0.2) is 6.71 Å². The van der Waals surface area contributed by atoms with E-state index in [1.807, 2.05) is 0 Å². The van der Waals surface area contributed by atoms with Gasteiger partial charge in [-0.25, -0.2) is 0 Å². The zero-order valence-corrected chi connectivity index (χ0v) is 45.3. The third-order valence-electron chi connectivity index (χ3n) is 16.8. The van der Waals surface area contributed by atoms with E-state index in [4.69, 9.17) is 0 Å². The van der Waals surface area contributed by atoms with E-state index in [0.717, 1.165) is 11.4 Å².